The van der Waals surface area contributed by atoms with Gasteiger partial charge < -0.3 is 0 Å². The van der Waals surface area contributed by atoms with E-state index in [0.717, 1.165) is 0 Å². The van der Waals surface area contributed by atoms with Gasteiger partial charge in [-0.15, -0.1) is 0 Å². The summed E-state index contributed by atoms with van der Waals surface area (Å²) in [4.78, 5) is 20.1. The number of carbonyl (C=O) groups excluding carboxylic acids is 2. The van der Waals surface area contributed by atoms with Crippen LogP contribution in [0.15, 0.2) is 24.3 Å². The summed E-state index contributed by atoms with van der Waals surface area (Å²) in [6.45, 7) is 3.13. The van der Waals surface area contributed by atoms with Crippen LogP contribution < -0.4 is 5.32 Å². The molecule has 2 amide bonds. The Kier molecular flexibility index (Phi) is 4.24. The first-order chi connectivity index (χ1) is 4.70. The zero-order valence-corrected chi connectivity index (χ0v) is 5.89. The molecule has 0 aliphatic carbocycles. The molecule has 1 aliphatic rings. The van der Waals surface area contributed by atoms with E-state index in [-0.39, 0.29) is 11.8 Å². The predicted molar refractivity (Wildman–Crippen MR) is 38.3 cm³/mol. The molecule has 3 nitrogen and oxygen atoms in total. The van der Waals surface area contributed by atoms with Crippen molar-refractivity contribution >= 4 is 23.4 Å². The van der Waals surface area contributed by atoms with E-state index in [1.807, 2.05) is 5.32 Å². The summed E-state index contributed by atoms with van der Waals surface area (Å²) in [5, 5.41) is 2.03. The number of nitrogens with one attached hydrogen (secondary N) is 1. The van der Waals surface area contributed by atoms with Crippen LogP contribution in [0.1, 0.15) is 0 Å². The minimum absolute atomic E-state index is 0.329. The van der Waals surface area contributed by atoms with Crippen LogP contribution in [0, 0.1) is 0 Å². The molecule has 1 aliphatic heterocycles. The molecule has 0 radical (unpaired) electrons. The highest BCUT2D eigenvalue weighted by Crippen LogP contribution is 1.82. The van der Waals surface area contributed by atoms with E-state index in [2.05, 4.69) is 6.58 Å². The van der Waals surface area contributed by atoms with Crippen molar-refractivity contribution in [2.24, 2.45) is 0 Å². The zero-order valence-electron chi connectivity index (χ0n) is 5.13. The van der Waals surface area contributed by atoms with Gasteiger partial charge in [-0.25, -0.2) is 0 Å². The molecule has 0 aromatic carbocycles. The number of hydrogen-bond donors (Lipinski definition) is 1. The lowest BCUT2D eigenvalue weighted by atomic mass is 10.6. The number of imide groups is 1. The third kappa shape index (κ3) is 3.86. The van der Waals surface area contributed by atoms with E-state index in [0.29, 0.717) is 0 Å². The third-order valence-electron chi connectivity index (χ3n) is 0.632. The standard InChI is InChI=1S/C4H3NO2.C2H3Cl/c6-3-1-2-4(7)5-3;1-2-3/h1-2H,(H,5,6,7);2H,1H2. The van der Waals surface area contributed by atoms with E-state index in [1.54, 1.807) is 0 Å². The van der Waals surface area contributed by atoms with Crippen LogP contribution in [0.25, 0.3) is 0 Å². The smallest absolute Gasteiger partial charge is 0.250 e. The molecule has 0 unspecified atom stereocenters. The number of rotatable bonds is 0. The molecule has 0 fully saturated rings. The highest BCUT2D eigenvalue weighted by molar-refractivity contribution is 6.25. The largest absolute Gasteiger partial charge is 0.289 e. The summed E-state index contributed by atoms with van der Waals surface area (Å²) >= 11 is 4.76. The van der Waals surface area contributed by atoms with Crippen molar-refractivity contribution in [1.82, 2.24) is 5.32 Å². The fourth-order valence-corrected chi connectivity index (χ4v) is 0.356. The Morgan fingerprint density at radius 1 is 1.40 bits per heavy atom. The maximum Gasteiger partial charge on any atom is 0.250 e. The van der Waals surface area contributed by atoms with Crippen molar-refractivity contribution in [3.8, 4) is 0 Å². The molecule has 54 valence electrons. The number of halogens is 1. The molecule has 10 heavy (non-hydrogen) atoms. The predicted octanol–water partition coefficient (Wildman–Crippen LogP) is 0.568. The average molecular weight is 160 g/mol. The lowest BCUT2D eigenvalue weighted by molar-refractivity contribution is -0.123. The number of amides is 2. The van der Waals surface area contributed by atoms with Crippen molar-refractivity contribution in [2.75, 3.05) is 0 Å². The summed E-state index contributed by atoms with van der Waals surface area (Å²) in [6.07, 6.45) is 2.39. The van der Waals surface area contributed by atoms with Gasteiger partial charge >= 0.3 is 0 Å². The monoisotopic (exact) mass is 159 g/mol. The first kappa shape index (κ1) is 8.91. The minimum atomic E-state index is -0.329. The molecule has 1 N–H and O–H groups in total. The van der Waals surface area contributed by atoms with Gasteiger partial charge in [-0.1, -0.05) is 18.2 Å². The second-order valence-electron chi connectivity index (χ2n) is 1.34. The lowest BCUT2D eigenvalue weighted by Crippen LogP contribution is -2.19. The van der Waals surface area contributed by atoms with Crippen molar-refractivity contribution in [3.63, 3.8) is 0 Å². The van der Waals surface area contributed by atoms with Gasteiger partial charge in [0.2, 0.25) is 0 Å². The van der Waals surface area contributed by atoms with Crippen LogP contribution in [0.5, 0.6) is 0 Å². The van der Waals surface area contributed by atoms with Gasteiger partial charge in [-0.2, -0.15) is 0 Å². The molecule has 4 heteroatoms. The zero-order chi connectivity index (χ0) is 7.98. The van der Waals surface area contributed by atoms with Crippen molar-refractivity contribution in [1.29, 1.82) is 0 Å². The van der Waals surface area contributed by atoms with E-state index < -0.39 is 0 Å². The molecular formula is C6H6ClNO2. The Morgan fingerprint density at radius 2 is 1.70 bits per heavy atom. The van der Waals surface area contributed by atoms with Crippen LogP contribution in [0.3, 0.4) is 0 Å². The van der Waals surface area contributed by atoms with E-state index in [4.69, 9.17) is 11.6 Å². The SMILES string of the molecule is C=CCl.O=C1C=CC(=O)N1. The molecular weight excluding hydrogens is 154 g/mol. The highest BCUT2D eigenvalue weighted by atomic mass is 35.5. The van der Waals surface area contributed by atoms with Gasteiger partial charge in [0, 0.05) is 12.2 Å². The summed E-state index contributed by atoms with van der Waals surface area (Å²) in [6, 6.07) is 0. The fraction of sp³-hybridized carbons (Fsp3) is 0. The topological polar surface area (TPSA) is 46.2 Å². The van der Waals surface area contributed by atoms with E-state index >= 15 is 0 Å². The van der Waals surface area contributed by atoms with Gasteiger partial charge in [-0.05, 0) is 5.54 Å². The Balaban J connectivity index is 0.000000236. The second kappa shape index (κ2) is 4.76. The Labute approximate surface area is 63.4 Å². The van der Waals surface area contributed by atoms with E-state index in [9.17, 15) is 9.59 Å². The Morgan fingerprint density at radius 3 is 1.80 bits per heavy atom. The van der Waals surface area contributed by atoms with Gasteiger partial charge in [0.25, 0.3) is 11.8 Å². The average Bonchev–Trinajstić information content (AvgIpc) is 2.17. The third-order valence-corrected chi connectivity index (χ3v) is 0.632. The van der Waals surface area contributed by atoms with Gasteiger partial charge in [0.15, 0.2) is 0 Å². The summed E-state index contributed by atoms with van der Waals surface area (Å²) in [5.74, 6) is -0.657. The highest BCUT2D eigenvalue weighted by Gasteiger charge is 2.06. The molecule has 1 rings (SSSR count). The van der Waals surface area contributed by atoms with Crippen LogP contribution in [0.2, 0.25) is 0 Å². The molecule has 0 spiro atoms. The van der Waals surface area contributed by atoms with Crippen LogP contribution in [-0.4, -0.2) is 11.8 Å². The van der Waals surface area contributed by atoms with Crippen molar-refractivity contribution in [3.05, 3.63) is 24.3 Å². The first-order valence-electron chi connectivity index (χ1n) is 2.45. The van der Waals surface area contributed by atoms with Gasteiger partial charge in [0.1, 0.15) is 0 Å². The van der Waals surface area contributed by atoms with Crippen molar-refractivity contribution in [2.45, 2.75) is 0 Å². The Bertz CT molecular complexity index is 170. The van der Waals surface area contributed by atoms with Crippen molar-refractivity contribution < 1.29 is 9.59 Å². The molecule has 0 aromatic heterocycles. The van der Waals surface area contributed by atoms with Gasteiger partial charge in [0.05, 0.1) is 0 Å². The van der Waals surface area contributed by atoms with E-state index in [1.165, 1.54) is 17.7 Å². The fourth-order valence-electron chi connectivity index (χ4n) is 0.356. The molecule has 0 saturated carbocycles. The normalized spacial score (nSPS) is 13.7. The molecule has 1 heterocycles. The van der Waals surface area contributed by atoms with Crippen LogP contribution in [0.4, 0.5) is 0 Å². The first-order valence-corrected chi connectivity index (χ1v) is 2.88. The Hall–Kier alpha value is -1.09. The summed E-state index contributed by atoms with van der Waals surface area (Å²) < 4.78 is 0. The van der Waals surface area contributed by atoms with Crippen LogP contribution in [-0.2, 0) is 9.59 Å². The van der Waals surface area contributed by atoms with Crippen LogP contribution >= 0.6 is 11.6 Å². The maximum atomic E-state index is 10.0. The number of hydrogen-bond acceptors (Lipinski definition) is 2. The quantitative estimate of drug-likeness (QED) is 0.526. The lowest BCUT2D eigenvalue weighted by Gasteiger charge is -1.80. The molecule has 0 saturated heterocycles. The summed E-state index contributed by atoms with van der Waals surface area (Å²) in [5.41, 5.74) is 1.22. The molecule has 0 aromatic rings. The molecule has 0 bridgehead atoms. The second-order valence-corrected chi connectivity index (χ2v) is 1.65. The molecule has 0 atom stereocenters. The van der Waals surface area contributed by atoms with Gasteiger partial charge in [-0.3, -0.25) is 14.9 Å². The number of carbonyl (C=O) groups is 2. The maximum absolute atomic E-state index is 10.0. The minimum Gasteiger partial charge on any atom is -0.289 e. The summed E-state index contributed by atoms with van der Waals surface area (Å²) in [7, 11) is 0.